The SMILES string of the molecule is COCOc1ccccc1-c1cc2cc(C=O)n(COCC[Si](C)(C)C)c2nn1. The van der Waals surface area contributed by atoms with E-state index in [1.54, 1.807) is 17.7 Å². The van der Waals surface area contributed by atoms with E-state index in [4.69, 9.17) is 14.2 Å². The van der Waals surface area contributed by atoms with Gasteiger partial charge in [0.15, 0.2) is 18.7 Å². The van der Waals surface area contributed by atoms with Gasteiger partial charge >= 0.3 is 0 Å². The maximum atomic E-state index is 11.6. The van der Waals surface area contributed by atoms with Gasteiger partial charge in [0.2, 0.25) is 0 Å². The van der Waals surface area contributed by atoms with Gasteiger partial charge in [-0.05, 0) is 30.3 Å². The number of benzene rings is 1. The average Bonchev–Trinajstić information content (AvgIpc) is 3.06. The maximum Gasteiger partial charge on any atom is 0.188 e. The lowest BCUT2D eigenvalue weighted by Crippen LogP contribution is -2.22. The van der Waals surface area contributed by atoms with Crippen LogP contribution in [0.15, 0.2) is 36.4 Å². The molecule has 1 aromatic carbocycles. The van der Waals surface area contributed by atoms with Crippen molar-refractivity contribution < 1.29 is 19.0 Å². The van der Waals surface area contributed by atoms with Crippen LogP contribution < -0.4 is 4.74 Å². The smallest absolute Gasteiger partial charge is 0.188 e. The standard InChI is InChI=1S/C21H27N3O4Si/c1-26-15-28-20-8-6-5-7-18(20)19-12-16-11-17(13-25)24(21(16)23-22-19)14-27-9-10-29(2,3)4/h5-8,11-13H,9-10,14-15H2,1-4H3. The van der Waals surface area contributed by atoms with Crippen molar-refractivity contribution in [3.63, 3.8) is 0 Å². The molecule has 0 aliphatic carbocycles. The van der Waals surface area contributed by atoms with E-state index in [2.05, 4.69) is 29.8 Å². The van der Waals surface area contributed by atoms with Crippen molar-refractivity contribution in [3.8, 4) is 17.0 Å². The number of fused-ring (bicyclic) bond motifs is 1. The van der Waals surface area contributed by atoms with Crippen LogP contribution in [0.5, 0.6) is 5.75 Å². The van der Waals surface area contributed by atoms with Crippen molar-refractivity contribution in [1.82, 2.24) is 14.8 Å². The first-order chi connectivity index (χ1) is 13.9. The molecule has 0 spiro atoms. The summed E-state index contributed by atoms with van der Waals surface area (Å²) in [5.41, 5.74) is 2.62. The number of aromatic nitrogens is 3. The summed E-state index contributed by atoms with van der Waals surface area (Å²) in [5, 5.41) is 9.56. The normalized spacial score (nSPS) is 11.7. The molecule has 0 N–H and O–H groups in total. The molecule has 0 saturated carbocycles. The minimum absolute atomic E-state index is 0.146. The molecular weight excluding hydrogens is 386 g/mol. The van der Waals surface area contributed by atoms with Gasteiger partial charge in [-0.1, -0.05) is 31.8 Å². The largest absolute Gasteiger partial charge is 0.467 e. The van der Waals surface area contributed by atoms with Gasteiger partial charge in [0.05, 0.1) is 11.4 Å². The van der Waals surface area contributed by atoms with Crippen molar-refractivity contribution in [2.75, 3.05) is 20.5 Å². The van der Waals surface area contributed by atoms with E-state index in [1.807, 2.05) is 30.3 Å². The average molecular weight is 414 g/mol. The second-order valence-corrected chi connectivity index (χ2v) is 13.6. The summed E-state index contributed by atoms with van der Waals surface area (Å²) < 4.78 is 18.2. The number of para-hydroxylation sites is 1. The number of carbonyl (C=O) groups excluding carboxylic acids is 1. The molecule has 0 saturated heterocycles. The Bertz CT molecular complexity index is 982. The van der Waals surface area contributed by atoms with Crippen LogP contribution in [0.25, 0.3) is 22.3 Å². The Kier molecular flexibility index (Phi) is 6.78. The molecule has 2 heterocycles. The molecule has 3 rings (SSSR count). The number of ether oxygens (including phenoxy) is 3. The van der Waals surface area contributed by atoms with E-state index in [0.29, 0.717) is 29.4 Å². The molecule has 0 atom stereocenters. The first-order valence-electron chi connectivity index (χ1n) is 9.54. The number of hydrogen-bond acceptors (Lipinski definition) is 6. The van der Waals surface area contributed by atoms with Gasteiger partial charge in [-0.25, -0.2) is 0 Å². The maximum absolute atomic E-state index is 11.6. The fraction of sp³-hybridized carbons (Fsp3) is 0.381. The van der Waals surface area contributed by atoms with E-state index in [9.17, 15) is 4.79 Å². The number of aldehydes is 1. The molecule has 0 fully saturated rings. The molecule has 3 aromatic rings. The van der Waals surface area contributed by atoms with E-state index >= 15 is 0 Å². The zero-order valence-electron chi connectivity index (χ0n) is 17.3. The molecule has 2 aromatic heterocycles. The molecule has 0 bridgehead atoms. The third kappa shape index (κ3) is 5.29. The summed E-state index contributed by atoms with van der Waals surface area (Å²) in [6.45, 7) is 8.01. The van der Waals surface area contributed by atoms with Crippen LogP contribution >= 0.6 is 0 Å². The van der Waals surface area contributed by atoms with Gasteiger partial charge in [0, 0.05) is 32.7 Å². The van der Waals surface area contributed by atoms with Gasteiger partial charge in [-0.2, -0.15) is 0 Å². The molecule has 7 nitrogen and oxygen atoms in total. The fourth-order valence-corrected chi connectivity index (χ4v) is 3.66. The summed E-state index contributed by atoms with van der Waals surface area (Å²) in [6.07, 6.45) is 0.818. The lowest BCUT2D eigenvalue weighted by Gasteiger charge is -2.16. The van der Waals surface area contributed by atoms with E-state index in [1.165, 1.54) is 0 Å². The van der Waals surface area contributed by atoms with Gasteiger partial charge < -0.3 is 14.2 Å². The lowest BCUT2D eigenvalue weighted by atomic mass is 10.1. The van der Waals surface area contributed by atoms with Gasteiger partial charge in [-0.15, -0.1) is 10.2 Å². The van der Waals surface area contributed by atoms with E-state index in [-0.39, 0.29) is 13.5 Å². The third-order valence-corrected chi connectivity index (χ3v) is 6.21. The summed E-state index contributed by atoms with van der Waals surface area (Å²) in [5.74, 6) is 0.660. The van der Waals surface area contributed by atoms with Crippen LogP contribution in [0.4, 0.5) is 0 Å². The summed E-state index contributed by atoms with van der Waals surface area (Å²) in [6, 6.07) is 12.3. The van der Waals surface area contributed by atoms with Crippen molar-refractivity contribution in [3.05, 3.63) is 42.1 Å². The zero-order valence-corrected chi connectivity index (χ0v) is 18.3. The lowest BCUT2D eigenvalue weighted by molar-refractivity contribution is 0.0515. The Hall–Kier alpha value is -2.55. The highest BCUT2D eigenvalue weighted by Gasteiger charge is 2.15. The van der Waals surface area contributed by atoms with Crippen LogP contribution in [0.2, 0.25) is 25.7 Å². The monoisotopic (exact) mass is 413 g/mol. The summed E-state index contributed by atoms with van der Waals surface area (Å²) in [7, 11) is 0.406. The summed E-state index contributed by atoms with van der Waals surface area (Å²) >= 11 is 0. The number of nitrogens with zero attached hydrogens (tertiary/aromatic N) is 3. The van der Waals surface area contributed by atoms with Gasteiger partial charge in [-0.3, -0.25) is 9.36 Å². The Morgan fingerprint density at radius 3 is 2.66 bits per heavy atom. The molecule has 0 unspecified atom stereocenters. The second kappa shape index (κ2) is 9.30. The van der Waals surface area contributed by atoms with Crippen LogP contribution in [-0.2, 0) is 16.2 Å². The molecule has 0 aliphatic rings. The highest BCUT2D eigenvalue weighted by atomic mass is 28.3. The number of carbonyl (C=O) groups is 1. The highest BCUT2D eigenvalue weighted by Crippen LogP contribution is 2.30. The van der Waals surface area contributed by atoms with Crippen LogP contribution in [0.1, 0.15) is 10.5 Å². The summed E-state index contributed by atoms with van der Waals surface area (Å²) in [4.78, 5) is 11.6. The first-order valence-corrected chi connectivity index (χ1v) is 13.2. The van der Waals surface area contributed by atoms with Crippen molar-refractivity contribution in [1.29, 1.82) is 0 Å². The van der Waals surface area contributed by atoms with Gasteiger partial charge in [0.25, 0.3) is 0 Å². The number of methoxy groups -OCH3 is 1. The van der Waals surface area contributed by atoms with Crippen molar-refractivity contribution in [2.45, 2.75) is 32.4 Å². The molecular formula is C21H27N3O4Si. The Morgan fingerprint density at radius 2 is 1.93 bits per heavy atom. The van der Waals surface area contributed by atoms with E-state index < -0.39 is 8.07 Å². The van der Waals surface area contributed by atoms with Crippen molar-refractivity contribution in [2.24, 2.45) is 0 Å². The quantitative estimate of drug-likeness (QED) is 0.215. The first kappa shape index (κ1) is 21.2. The molecule has 154 valence electrons. The number of hydrogen-bond donors (Lipinski definition) is 0. The fourth-order valence-electron chi connectivity index (χ4n) is 2.90. The predicted octanol–water partition coefficient (Wildman–Crippen LogP) is 4.21. The molecule has 0 radical (unpaired) electrons. The van der Waals surface area contributed by atoms with Gasteiger partial charge in [0.1, 0.15) is 12.5 Å². The molecule has 0 aliphatic heterocycles. The van der Waals surface area contributed by atoms with Crippen LogP contribution in [0.3, 0.4) is 0 Å². The Balaban J connectivity index is 1.87. The van der Waals surface area contributed by atoms with Crippen molar-refractivity contribution >= 4 is 25.4 Å². The minimum atomic E-state index is -1.17. The number of rotatable bonds is 10. The molecule has 29 heavy (non-hydrogen) atoms. The Labute approximate surface area is 171 Å². The van der Waals surface area contributed by atoms with E-state index in [0.717, 1.165) is 23.3 Å². The topological polar surface area (TPSA) is 75.5 Å². The molecule has 0 amide bonds. The highest BCUT2D eigenvalue weighted by molar-refractivity contribution is 6.76. The Morgan fingerprint density at radius 1 is 1.14 bits per heavy atom. The van der Waals surface area contributed by atoms with Crippen LogP contribution in [0, 0.1) is 0 Å². The zero-order chi connectivity index (χ0) is 20.9. The second-order valence-electron chi connectivity index (χ2n) is 8.02. The minimum Gasteiger partial charge on any atom is -0.467 e. The predicted molar refractivity (Wildman–Crippen MR) is 115 cm³/mol. The third-order valence-electron chi connectivity index (χ3n) is 4.51. The molecule has 8 heteroatoms. The van der Waals surface area contributed by atoms with Crippen LogP contribution in [-0.4, -0.2) is 49.6 Å².